The molecule has 0 saturated heterocycles. The molecule has 0 fully saturated rings. The van der Waals surface area contributed by atoms with Crippen LogP contribution in [0.25, 0.3) is 71.7 Å². The van der Waals surface area contributed by atoms with Crippen LogP contribution < -0.4 is 4.90 Å². The van der Waals surface area contributed by atoms with Gasteiger partial charge >= 0.3 is 0 Å². The molecule has 3 nitrogen and oxygen atoms in total. The van der Waals surface area contributed by atoms with Crippen molar-refractivity contribution in [1.82, 2.24) is 4.57 Å². The van der Waals surface area contributed by atoms with Gasteiger partial charge in [-0.1, -0.05) is 121 Å². The van der Waals surface area contributed by atoms with E-state index in [4.69, 9.17) is 4.42 Å². The van der Waals surface area contributed by atoms with Crippen LogP contribution in [0.1, 0.15) is 0 Å². The molecule has 240 valence electrons. The van der Waals surface area contributed by atoms with E-state index in [0.717, 1.165) is 50.3 Å². The predicted octanol–water partition coefficient (Wildman–Crippen LogP) is 13.5. The molecule has 0 spiro atoms. The Bertz CT molecular complexity index is 2770. The Kier molecular flexibility index (Phi) is 6.81. The normalized spacial score (nSPS) is 11.5. The molecule has 51 heavy (non-hydrogen) atoms. The van der Waals surface area contributed by atoms with Crippen molar-refractivity contribution >= 4 is 60.8 Å². The molecule has 0 aliphatic carbocycles. The smallest absolute Gasteiger partial charge is 0.136 e. The molecule has 0 unspecified atom stereocenters. The molecule has 0 bridgehead atoms. The zero-order chi connectivity index (χ0) is 33.7. The summed E-state index contributed by atoms with van der Waals surface area (Å²) in [4.78, 5) is 2.31. The molecule has 0 N–H and O–H groups in total. The van der Waals surface area contributed by atoms with Gasteiger partial charge in [0.25, 0.3) is 0 Å². The van der Waals surface area contributed by atoms with Crippen LogP contribution in [0.3, 0.4) is 0 Å². The van der Waals surface area contributed by atoms with Crippen LogP contribution in [0.2, 0.25) is 0 Å². The summed E-state index contributed by atoms with van der Waals surface area (Å²) >= 11 is 0. The summed E-state index contributed by atoms with van der Waals surface area (Å²) in [5.74, 6) is 0. The molecule has 10 aromatic rings. The van der Waals surface area contributed by atoms with E-state index in [1.54, 1.807) is 0 Å². The molecule has 0 atom stereocenters. The number of nitrogens with zero attached hydrogens (tertiary/aromatic N) is 2. The number of anilines is 3. The van der Waals surface area contributed by atoms with Gasteiger partial charge in [-0.05, 0) is 95.1 Å². The molecule has 0 radical (unpaired) electrons. The summed E-state index contributed by atoms with van der Waals surface area (Å²) in [6.07, 6.45) is 0. The minimum atomic E-state index is 0.908. The van der Waals surface area contributed by atoms with E-state index in [9.17, 15) is 0 Å². The first kappa shape index (κ1) is 29.1. The van der Waals surface area contributed by atoms with E-state index in [-0.39, 0.29) is 0 Å². The first-order valence-corrected chi connectivity index (χ1v) is 17.4. The Morgan fingerprint density at radius 3 is 1.49 bits per heavy atom. The maximum absolute atomic E-state index is 6.18. The van der Waals surface area contributed by atoms with Gasteiger partial charge in [-0.2, -0.15) is 0 Å². The third-order valence-corrected chi connectivity index (χ3v) is 10.0. The van der Waals surface area contributed by atoms with Crippen molar-refractivity contribution in [2.75, 3.05) is 4.90 Å². The first-order valence-electron chi connectivity index (χ1n) is 17.4. The van der Waals surface area contributed by atoms with Gasteiger partial charge in [-0.15, -0.1) is 0 Å². The maximum atomic E-state index is 6.18. The van der Waals surface area contributed by atoms with E-state index in [1.807, 2.05) is 18.2 Å². The monoisotopic (exact) mass is 652 g/mol. The zero-order valence-corrected chi connectivity index (χ0v) is 27.8. The molecule has 2 heterocycles. The fourth-order valence-corrected chi connectivity index (χ4v) is 7.64. The lowest BCUT2D eigenvalue weighted by molar-refractivity contribution is 0.669. The van der Waals surface area contributed by atoms with E-state index >= 15 is 0 Å². The van der Waals surface area contributed by atoms with Crippen molar-refractivity contribution in [2.24, 2.45) is 0 Å². The van der Waals surface area contributed by atoms with Crippen LogP contribution >= 0.6 is 0 Å². The van der Waals surface area contributed by atoms with Crippen molar-refractivity contribution < 1.29 is 4.42 Å². The van der Waals surface area contributed by atoms with Crippen molar-refractivity contribution in [2.45, 2.75) is 0 Å². The number of hydrogen-bond acceptors (Lipinski definition) is 2. The number of rotatable bonds is 6. The summed E-state index contributed by atoms with van der Waals surface area (Å²) in [7, 11) is 0. The van der Waals surface area contributed by atoms with E-state index in [1.165, 1.54) is 38.5 Å². The van der Waals surface area contributed by atoms with Crippen LogP contribution in [0.4, 0.5) is 17.1 Å². The molecule has 0 saturated carbocycles. The molecule has 3 heteroatoms. The Morgan fingerprint density at radius 2 is 0.843 bits per heavy atom. The minimum Gasteiger partial charge on any atom is -0.456 e. The van der Waals surface area contributed by atoms with E-state index < -0.39 is 0 Å². The van der Waals surface area contributed by atoms with E-state index in [0.29, 0.717) is 0 Å². The van der Waals surface area contributed by atoms with Crippen LogP contribution in [0, 0.1) is 0 Å². The summed E-state index contributed by atoms with van der Waals surface area (Å²) in [5.41, 5.74) is 13.4. The molecule has 8 aromatic carbocycles. The van der Waals surface area contributed by atoms with Gasteiger partial charge in [-0.25, -0.2) is 0 Å². The maximum Gasteiger partial charge on any atom is 0.136 e. The average molecular weight is 653 g/mol. The second-order valence-corrected chi connectivity index (χ2v) is 13.0. The molecular formula is C48H32N2O. The van der Waals surface area contributed by atoms with Crippen LogP contribution in [-0.2, 0) is 0 Å². The highest BCUT2D eigenvalue weighted by Crippen LogP contribution is 2.40. The van der Waals surface area contributed by atoms with E-state index in [2.05, 4.69) is 185 Å². The zero-order valence-electron chi connectivity index (χ0n) is 27.8. The van der Waals surface area contributed by atoms with Gasteiger partial charge in [0.1, 0.15) is 11.2 Å². The SMILES string of the molecule is c1ccc(N(c2ccc(-c3ccc(-n4c5ccccc5c5ccccc54)cc3)cc2)c2ccc(-c3cccc4oc5ccccc5c34)cc2)cc1. The molecule has 2 aromatic heterocycles. The third kappa shape index (κ3) is 4.90. The lowest BCUT2D eigenvalue weighted by atomic mass is 9.99. The van der Waals surface area contributed by atoms with Crippen molar-refractivity contribution in [1.29, 1.82) is 0 Å². The van der Waals surface area contributed by atoms with Crippen molar-refractivity contribution in [3.05, 3.63) is 194 Å². The van der Waals surface area contributed by atoms with Gasteiger partial charge in [0.15, 0.2) is 0 Å². The lowest BCUT2D eigenvalue weighted by Gasteiger charge is -2.26. The number of aromatic nitrogens is 1. The Hall–Kier alpha value is -6.84. The van der Waals surface area contributed by atoms with Crippen LogP contribution in [-0.4, -0.2) is 4.57 Å². The fourth-order valence-electron chi connectivity index (χ4n) is 7.64. The summed E-state index contributed by atoms with van der Waals surface area (Å²) in [6, 6.07) is 69.1. The molecule has 0 amide bonds. The first-order chi connectivity index (χ1) is 25.3. The number of hydrogen-bond donors (Lipinski definition) is 0. The molecular weight excluding hydrogens is 621 g/mol. The highest BCUT2D eigenvalue weighted by Gasteiger charge is 2.16. The third-order valence-electron chi connectivity index (χ3n) is 10.0. The molecule has 0 aliphatic rings. The summed E-state index contributed by atoms with van der Waals surface area (Å²) < 4.78 is 8.54. The second kappa shape index (κ2) is 11.9. The van der Waals surface area contributed by atoms with Gasteiger partial charge in [0.2, 0.25) is 0 Å². The number of benzene rings is 8. The Labute approximate surface area is 295 Å². The van der Waals surface area contributed by atoms with Gasteiger partial charge in [0, 0.05) is 44.3 Å². The lowest BCUT2D eigenvalue weighted by Crippen LogP contribution is -2.09. The fraction of sp³-hybridized carbons (Fsp3) is 0. The quantitative estimate of drug-likeness (QED) is 0.178. The van der Waals surface area contributed by atoms with Crippen molar-refractivity contribution in [3.63, 3.8) is 0 Å². The molecule has 10 rings (SSSR count). The summed E-state index contributed by atoms with van der Waals surface area (Å²) in [5, 5.41) is 4.84. The average Bonchev–Trinajstić information content (AvgIpc) is 3.75. The van der Waals surface area contributed by atoms with Gasteiger partial charge in [-0.3, -0.25) is 0 Å². The molecule has 0 aliphatic heterocycles. The Morgan fingerprint density at radius 1 is 0.353 bits per heavy atom. The van der Waals surface area contributed by atoms with Gasteiger partial charge in [0.05, 0.1) is 11.0 Å². The topological polar surface area (TPSA) is 21.3 Å². The van der Waals surface area contributed by atoms with Crippen LogP contribution in [0.5, 0.6) is 0 Å². The summed E-state index contributed by atoms with van der Waals surface area (Å²) in [6.45, 7) is 0. The highest BCUT2D eigenvalue weighted by molar-refractivity contribution is 6.12. The second-order valence-electron chi connectivity index (χ2n) is 13.0. The minimum absolute atomic E-state index is 0.908. The van der Waals surface area contributed by atoms with Crippen LogP contribution in [0.15, 0.2) is 199 Å². The number of para-hydroxylation sites is 4. The number of furan rings is 1. The largest absolute Gasteiger partial charge is 0.456 e. The van der Waals surface area contributed by atoms with Crippen molar-refractivity contribution in [3.8, 4) is 27.9 Å². The number of fused-ring (bicyclic) bond motifs is 6. The highest BCUT2D eigenvalue weighted by atomic mass is 16.3. The predicted molar refractivity (Wildman–Crippen MR) is 214 cm³/mol. The standard InChI is InChI=1S/C48H32N2O/c1-2-11-36(12-3-1)49(38-31-25-35(26-32-38)40-16-10-20-47-48(40)43-15-6-9-19-46(43)51-47)37-27-21-33(22-28-37)34-23-29-39(30-24-34)50-44-17-7-4-13-41(44)42-14-5-8-18-45(42)50/h1-32H. The van der Waals surface area contributed by atoms with Gasteiger partial charge < -0.3 is 13.9 Å². The Balaban J connectivity index is 0.985.